The second kappa shape index (κ2) is 6.75. The molecule has 0 rings (SSSR count). The maximum atomic E-state index is 10.5. The lowest BCUT2D eigenvalue weighted by molar-refractivity contribution is 0.00378. The molecule has 0 bridgehead atoms. The highest BCUT2D eigenvalue weighted by Crippen LogP contribution is 2.37. The van der Waals surface area contributed by atoms with E-state index in [0.29, 0.717) is 13.0 Å². The van der Waals surface area contributed by atoms with Gasteiger partial charge in [-0.05, 0) is 45.3 Å². The smallest absolute Gasteiger partial charge is 0.192 e. The summed E-state index contributed by atoms with van der Waals surface area (Å²) in [6.07, 6.45) is 2.72. The summed E-state index contributed by atoms with van der Waals surface area (Å²) in [7, 11) is -1.84. The first-order chi connectivity index (χ1) is 8.29. The Morgan fingerprint density at radius 2 is 1.74 bits per heavy atom. The zero-order valence-electron chi connectivity index (χ0n) is 13.8. The lowest BCUT2D eigenvalue weighted by atomic mass is 10.00. The number of rotatable bonds is 6. The molecule has 0 aliphatic heterocycles. The molecule has 0 heterocycles. The van der Waals surface area contributed by atoms with Gasteiger partial charge in [-0.15, -0.1) is 11.6 Å². The molecule has 0 amide bonds. The standard InChI is InChI=1S/C15H31ClO2Si/c1-12(2)9-10-13(16)15(6,17)11-18-19(7,8)14(3,4)5/h9,13,17H,10-11H2,1-8H3/t13-,15-/m1/s1. The van der Waals surface area contributed by atoms with Crippen molar-refractivity contribution < 1.29 is 9.53 Å². The highest BCUT2D eigenvalue weighted by Gasteiger charge is 2.40. The van der Waals surface area contributed by atoms with Crippen molar-refractivity contribution in [3.05, 3.63) is 11.6 Å². The second-order valence-corrected chi connectivity index (χ2v) is 12.7. The van der Waals surface area contributed by atoms with Crippen LogP contribution in [0.15, 0.2) is 11.6 Å². The number of alkyl halides is 1. The molecule has 0 radical (unpaired) electrons. The van der Waals surface area contributed by atoms with Crippen LogP contribution in [0.1, 0.15) is 48.0 Å². The summed E-state index contributed by atoms with van der Waals surface area (Å²) in [4.78, 5) is 0. The van der Waals surface area contributed by atoms with E-state index in [1.54, 1.807) is 6.92 Å². The maximum absolute atomic E-state index is 10.5. The van der Waals surface area contributed by atoms with Crippen LogP contribution in [0.5, 0.6) is 0 Å². The number of aliphatic hydroxyl groups is 1. The average molecular weight is 307 g/mol. The van der Waals surface area contributed by atoms with Crippen molar-refractivity contribution in [1.82, 2.24) is 0 Å². The highest BCUT2D eigenvalue weighted by molar-refractivity contribution is 6.74. The Balaban J connectivity index is 4.58. The monoisotopic (exact) mass is 306 g/mol. The van der Waals surface area contributed by atoms with Crippen LogP contribution < -0.4 is 0 Å². The Kier molecular flexibility index (Phi) is 6.81. The van der Waals surface area contributed by atoms with E-state index in [1.165, 1.54) is 5.57 Å². The van der Waals surface area contributed by atoms with E-state index in [4.69, 9.17) is 16.0 Å². The number of allylic oxidation sites excluding steroid dienone is 2. The Bertz CT molecular complexity index is 313. The highest BCUT2D eigenvalue weighted by atomic mass is 35.5. The summed E-state index contributed by atoms with van der Waals surface area (Å²) in [5.74, 6) is 0. The van der Waals surface area contributed by atoms with Gasteiger partial charge in [-0.2, -0.15) is 0 Å². The lowest BCUT2D eigenvalue weighted by Crippen LogP contribution is -2.48. The SMILES string of the molecule is CC(C)=CC[C@@H](Cl)[C@](C)(O)CO[Si](C)(C)C(C)(C)C. The molecule has 0 fully saturated rings. The van der Waals surface area contributed by atoms with Crippen LogP contribution in [-0.2, 0) is 4.43 Å². The third-order valence-corrected chi connectivity index (χ3v) is 9.07. The summed E-state index contributed by atoms with van der Waals surface area (Å²) in [5.41, 5.74) is 0.218. The molecule has 0 aliphatic carbocycles. The zero-order chi connectivity index (χ0) is 15.5. The van der Waals surface area contributed by atoms with Crippen LogP contribution >= 0.6 is 11.6 Å². The average Bonchev–Trinajstić information content (AvgIpc) is 2.21. The largest absolute Gasteiger partial charge is 0.414 e. The van der Waals surface area contributed by atoms with E-state index in [0.717, 1.165) is 0 Å². The number of hydrogen-bond donors (Lipinski definition) is 1. The van der Waals surface area contributed by atoms with Crippen molar-refractivity contribution >= 4 is 19.9 Å². The lowest BCUT2D eigenvalue weighted by Gasteiger charge is -2.39. The molecule has 2 nitrogen and oxygen atoms in total. The van der Waals surface area contributed by atoms with Gasteiger partial charge in [-0.3, -0.25) is 0 Å². The van der Waals surface area contributed by atoms with Crippen LogP contribution in [0, 0.1) is 0 Å². The molecular formula is C15H31ClO2Si. The first kappa shape index (κ1) is 19.2. The van der Waals surface area contributed by atoms with Gasteiger partial charge >= 0.3 is 0 Å². The summed E-state index contributed by atoms with van der Waals surface area (Å²) in [5, 5.41) is 10.3. The molecule has 114 valence electrons. The van der Waals surface area contributed by atoms with E-state index in [9.17, 15) is 5.11 Å². The van der Waals surface area contributed by atoms with Gasteiger partial charge in [0.05, 0.1) is 12.0 Å². The molecule has 0 aliphatic rings. The second-order valence-electron chi connectivity index (χ2n) is 7.39. The fourth-order valence-electron chi connectivity index (χ4n) is 1.23. The molecular weight excluding hydrogens is 276 g/mol. The summed E-state index contributed by atoms with van der Waals surface area (Å²) >= 11 is 6.30. The molecule has 4 heteroatoms. The molecule has 0 aromatic heterocycles. The van der Waals surface area contributed by atoms with Crippen molar-refractivity contribution in [2.75, 3.05) is 6.61 Å². The van der Waals surface area contributed by atoms with Gasteiger partial charge < -0.3 is 9.53 Å². The maximum Gasteiger partial charge on any atom is 0.192 e. The van der Waals surface area contributed by atoms with Gasteiger partial charge in [0, 0.05) is 0 Å². The summed E-state index contributed by atoms with van der Waals surface area (Å²) in [6.45, 7) is 17.1. The first-order valence-corrected chi connectivity index (χ1v) is 10.3. The van der Waals surface area contributed by atoms with Crippen LogP contribution in [0.4, 0.5) is 0 Å². The van der Waals surface area contributed by atoms with Crippen LogP contribution in [0.3, 0.4) is 0 Å². The first-order valence-electron chi connectivity index (χ1n) is 6.93. The van der Waals surface area contributed by atoms with Crippen LogP contribution in [-0.4, -0.2) is 31.0 Å². The zero-order valence-corrected chi connectivity index (χ0v) is 15.6. The van der Waals surface area contributed by atoms with E-state index in [1.807, 2.05) is 13.8 Å². The molecule has 19 heavy (non-hydrogen) atoms. The third-order valence-electron chi connectivity index (χ3n) is 3.94. The Morgan fingerprint density at radius 3 is 2.11 bits per heavy atom. The minimum atomic E-state index is -1.84. The van der Waals surface area contributed by atoms with Crippen molar-refractivity contribution in [2.24, 2.45) is 0 Å². The van der Waals surface area contributed by atoms with Crippen molar-refractivity contribution in [2.45, 2.75) is 77.1 Å². The van der Waals surface area contributed by atoms with E-state index in [2.05, 4.69) is 39.9 Å². The van der Waals surface area contributed by atoms with Gasteiger partial charge in [-0.25, -0.2) is 0 Å². The summed E-state index contributed by atoms with van der Waals surface area (Å²) in [6, 6.07) is 0. The van der Waals surface area contributed by atoms with E-state index >= 15 is 0 Å². The molecule has 1 N–H and O–H groups in total. The molecule has 0 aromatic rings. The van der Waals surface area contributed by atoms with Crippen LogP contribution in [0.2, 0.25) is 18.1 Å². The normalized spacial score (nSPS) is 17.8. The predicted octanol–water partition coefficient (Wildman–Crippen LogP) is 4.72. The van der Waals surface area contributed by atoms with Gasteiger partial charge in [0.1, 0.15) is 5.60 Å². The molecule has 0 saturated heterocycles. The molecule has 0 aromatic carbocycles. The van der Waals surface area contributed by atoms with Crippen molar-refractivity contribution in [3.63, 3.8) is 0 Å². The molecule has 0 unspecified atom stereocenters. The molecule has 0 spiro atoms. The third kappa shape index (κ3) is 6.43. The quantitative estimate of drug-likeness (QED) is 0.437. The van der Waals surface area contributed by atoms with Gasteiger partial charge in [-0.1, -0.05) is 32.4 Å². The minimum absolute atomic E-state index is 0.144. The topological polar surface area (TPSA) is 29.5 Å². The Hall–Kier alpha value is 0.167. The van der Waals surface area contributed by atoms with Gasteiger partial charge in [0.2, 0.25) is 0 Å². The Labute approximate surface area is 125 Å². The van der Waals surface area contributed by atoms with Crippen molar-refractivity contribution in [1.29, 1.82) is 0 Å². The van der Waals surface area contributed by atoms with E-state index < -0.39 is 13.9 Å². The number of halogens is 1. The van der Waals surface area contributed by atoms with Crippen molar-refractivity contribution in [3.8, 4) is 0 Å². The fraction of sp³-hybridized carbons (Fsp3) is 0.867. The number of hydrogen-bond acceptors (Lipinski definition) is 2. The van der Waals surface area contributed by atoms with Gasteiger partial charge in [0.15, 0.2) is 8.32 Å². The molecule has 0 saturated carbocycles. The van der Waals surface area contributed by atoms with Gasteiger partial charge in [0.25, 0.3) is 0 Å². The predicted molar refractivity (Wildman–Crippen MR) is 87.5 cm³/mol. The fourth-order valence-corrected chi connectivity index (χ4v) is 2.46. The van der Waals surface area contributed by atoms with Crippen LogP contribution in [0.25, 0.3) is 0 Å². The Morgan fingerprint density at radius 1 is 1.26 bits per heavy atom. The summed E-state index contributed by atoms with van der Waals surface area (Å²) < 4.78 is 6.07. The molecule has 2 atom stereocenters. The minimum Gasteiger partial charge on any atom is -0.414 e. The van der Waals surface area contributed by atoms with E-state index in [-0.39, 0.29) is 10.4 Å².